The molecule has 0 aromatic carbocycles. The molecule has 144 valence electrons. The zero-order valence-electron chi connectivity index (χ0n) is 14.1. The van der Waals surface area contributed by atoms with E-state index in [0.29, 0.717) is 0 Å². The molecule has 2 fully saturated rings. The SMILES string of the molecule is C=C[C@@H]1C2C(C(F)(F)P(=O)(O)OCC)[C@H]2OC1n1cc(C)c(=O)[nH]c1=O. The predicted molar refractivity (Wildman–Crippen MR) is 87.0 cm³/mol. The molecule has 11 heteroatoms. The lowest BCUT2D eigenvalue weighted by Gasteiger charge is -2.27. The summed E-state index contributed by atoms with van der Waals surface area (Å²) in [6.07, 6.45) is 0.722. The van der Waals surface area contributed by atoms with E-state index < -0.39 is 54.6 Å². The van der Waals surface area contributed by atoms with Crippen molar-refractivity contribution in [3.63, 3.8) is 0 Å². The van der Waals surface area contributed by atoms with Crippen molar-refractivity contribution >= 4 is 7.60 Å². The van der Waals surface area contributed by atoms with Gasteiger partial charge in [0.2, 0.25) is 0 Å². The average molecular weight is 392 g/mol. The lowest BCUT2D eigenvalue weighted by molar-refractivity contribution is -0.0570. The van der Waals surface area contributed by atoms with Crippen molar-refractivity contribution < 1.29 is 27.5 Å². The van der Waals surface area contributed by atoms with Crippen LogP contribution in [0.4, 0.5) is 8.78 Å². The van der Waals surface area contributed by atoms with Crippen molar-refractivity contribution in [1.29, 1.82) is 0 Å². The van der Waals surface area contributed by atoms with Gasteiger partial charge in [0.05, 0.1) is 18.6 Å². The molecule has 1 saturated heterocycles. The quantitative estimate of drug-likeness (QED) is 0.562. The van der Waals surface area contributed by atoms with Gasteiger partial charge in [0.15, 0.2) is 0 Å². The summed E-state index contributed by atoms with van der Waals surface area (Å²) in [5.74, 6) is -2.99. The van der Waals surface area contributed by atoms with Crippen molar-refractivity contribution in [2.24, 2.45) is 17.8 Å². The Balaban J connectivity index is 1.89. The largest absolute Gasteiger partial charge is 0.397 e. The van der Waals surface area contributed by atoms with Crippen LogP contribution >= 0.6 is 7.60 Å². The molecule has 26 heavy (non-hydrogen) atoms. The van der Waals surface area contributed by atoms with E-state index in [4.69, 9.17) is 4.74 Å². The summed E-state index contributed by atoms with van der Waals surface area (Å²) in [5, 5.41) is 0. The molecule has 1 aromatic rings. The molecule has 2 aliphatic rings. The Morgan fingerprint density at radius 1 is 1.54 bits per heavy atom. The van der Waals surface area contributed by atoms with Gasteiger partial charge in [-0.1, -0.05) is 6.08 Å². The van der Waals surface area contributed by atoms with Crippen molar-refractivity contribution in [3.8, 4) is 0 Å². The van der Waals surface area contributed by atoms with E-state index in [1.54, 1.807) is 0 Å². The summed E-state index contributed by atoms with van der Waals surface area (Å²) >= 11 is 0. The molecule has 0 spiro atoms. The first-order valence-corrected chi connectivity index (χ1v) is 9.60. The molecule has 1 aromatic heterocycles. The molecule has 0 radical (unpaired) electrons. The zero-order chi connectivity index (χ0) is 19.4. The number of nitrogens with zero attached hydrogens (tertiary/aromatic N) is 1. The minimum Gasteiger partial charge on any atom is -0.353 e. The van der Waals surface area contributed by atoms with E-state index in [0.717, 1.165) is 4.57 Å². The first kappa shape index (κ1) is 19.2. The summed E-state index contributed by atoms with van der Waals surface area (Å²) in [6.45, 7) is 6.12. The van der Waals surface area contributed by atoms with Crippen LogP contribution in [0.2, 0.25) is 0 Å². The molecule has 0 bridgehead atoms. The summed E-state index contributed by atoms with van der Waals surface area (Å²) in [7, 11) is -5.16. The number of hydrogen-bond acceptors (Lipinski definition) is 5. The monoisotopic (exact) mass is 392 g/mol. The molecule has 1 saturated carbocycles. The van der Waals surface area contributed by atoms with E-state index in [9.17, 15) is 27.8 Å². The fraction of sp³-hybridized carbons (Fsp3) is 0.600. The number of aryl methyl sites for hydroxylation is 1. The average Bonchev–Trinajstić information content (AvgIpc) is 3.14. The van der Waals surface area contributed by atoms with Crippen LogP contribution in [0, 0.1) is 24.7 Å². The maximum absolute atomic E-state index is 14.5. The van der Waals surface area contributed by atoms with Gasteiger partial charge in [-0.05, 0) is 13.8 Å². The minimum absolute atomic E-state index is 0.259. The van der Waals surface area contributed by atoms with Gasteiger partial charge >= 0.3 is 18.9 Å². The van der Waals surface area contributed by atoms with Crippen LogP contribution in [0.3, 0.4) is 0 Å². The highest BCUT2D eigenvalue weighted by atomic mass is 31.2. The second kappa shape index (κ2) is 6.23. The topological polar surface area (TPSA) is 111 Å². The molecular weight excluding hydrogens is 373 g/mol. The summed E-state index contributed by atoms with van der Waals surface area (Å²) in [4.78, 5) is 35.2. The van der Waals surface area contributed by atoms with Crippen LogP contribution in [0.15, 0.2) is 28.4 Å². The number of halogens is 2. The van der Waals surface area contributed by atoms with E-state index in [2.05, 4.69) is 16.1 Å². The van der Waals surface area contributed by atoms with Gasteiger partial charge in [-0.15, -0.1) is 6.58 Å². The number of rotatable bonds is 6. The van der Waals surface area contributed by atoms with Crippen LogP contribution < -0.4 is 11.2 Å². The van der Waals surface area contributed by atoms with Crippen molar-refractivity contribution in [3.05, 3.63) is 45.3 Å². The lowest BCUT2D eigenvalue weighted by Crippen LogP contribution is -2.37. The highest BCUT2D eigenvalue weighted by molar-refractivity contribution is 7.54. The van der Waals surface area contributed by atoms with Crippen LogP contribution in [0.5, 0.6) is 0 Å². The third-order valence-electron chi connectivity index (χ3n) is 4.85. The maximum atomic E-state index is 14.5. The molecule has 8 nitrogen and oxygen atoms in total. The normalized spacial score (nSPS) is 32.7. The number of hydrogen-bond donors (Lipinski definition) is 2. The number of H-pyrrole nitrogens is 1. The first-order valence-electron chi connectivity index (χ1n) is 8.02. The fourth-order valence-electron chi connectivity index (χ4n) is 3.56. The summed E-state index contributed by atoms with van der Waals surface area (Å²) in [5.41, 5.74) is -5.00. The molecule has 2 N–H and O–H groups in total. The molecule has 1 aliphatic carbocycles. The zero-order valence-corrected chi connectivity index (χ0v) is 15.0. The van der Waals surface area contributed by atoms with Gasteiger partial charge in [-0.3, -0.25) is 18.9 Å². The molecule has 3 rings (SSSR count). The minimum atomic E-state index is -5.16. The number of aromatic amines is 1. The van der Waals surface area contributed by atoms with Crippen molar-refractivity contribution in [1.82, 2.24) is 9.55 Å². The molecule has 2 heterocycles. The second-order valence-corrected chi connectivity index (χ2v) is 8.31. The fourth-order valence-corrected chi connectivity index (χ4v) is 4.78. The molecule has 1 aliphatic heterocycles. The number of aromatic nitrogens is 2. The Kier molecular flexibility index (Phi) is 4.59. The van der Waals surface area contributed by atoms with Gasteiger partial charge in [-0.2, -0.15) is 8.78 Å². The molecule has 0 amide bonds. The third kappa shape index (κ3) is 2.72. The maximum Gasteiger partial charge on any atom is 0.397 e. The van der Waals surface area contributed by atoms with E-state index in [-0.39, 0.29) is 12.2 Å². The predicted octanol–water partition coefficient (Wildman–Crippen LogP) is 1.61. The van der Waals surface area contributed by atoms with E-state index in [1.807, 2.05) is 0 Å². The van der Waals surface area contributed by atoms with Gasteiger partial charge in [0.1, 0.15) is 6.23 Å². The van der Waals surface area contributed by atoms with E-state index >= 15 is 0 Å². The van der Waals surface area contributed by atoms with Gasteiger partial charge < -0.3 is 14.2 Å². The van der Waals surface area contributed by atoms with Gasteiger partial charge in [0, 0.05) is 23.6 Å². The highest BCUT2D eigenvalue weighted by Crippen LogP contribution is 2.73. The standard InChI is InChI=1S/C15H19F2N2O6P/c1-4-8-9-10(15(16,17)26(22,23)24-5-2)11(9)25-13(8)19-6-7(3)12(20)18-14(19)21/h4,6,8-11,13H,1,5H2,2-3H3,(H,22,23)(H,18,20,21)/t8-,9?,10?,11+,13?/m1/s1. The molecule has 4 unspecified atom stereocenters. The second-order valence-electron chi connectivity index (χ2n) is 6.41. The Labute approximate surface area is 147 Å². The highest BCUT2D eigenvalue weighted by Gasteiger charge is 2.77. The van der Waals surface area contributed by atoms with E-state index in [1.165, 1.54) is 26.1 Å². The molecule has 6 atom stereocenters. The summed E-state index contributed by atoms with van der Waals surface area (Å²) in [6, 6.07) is 0. The van der Waals surface area contributed by atoms with Crippen LogP contribution in [0.25, 0.3) is 0 Å². The van der Waals surface area contributed by atoms with Gasteiger partial charge in [0.25, 0.3) is 5.56 Å². The first-order chi connectivity index (χ1) is 12.1. The number of alkyl halides is 2. The Morgan fingerprint density at radius 3 is 2.77 bits per heavy atom. The van der Waals surface area contributed by atoms with Crippen LogP contribution in [-0.2, 0) is 13.8 Å². The lowest BCUT2D eigenvalue weighted by atomic mass is 10.0. The Bertz CT molecular complexity index is 897. The van der Waals surface area contributed by atoms with Crippen molar-refractivity contribution in [2.45, 2.75) is 31.8 Å². The third-order valence-corrected chi connectivity index (χ3v) is 6.51. The number of nitrogens with one attached hydrogen (secondary N) is 1. The number of ether oxygens (including phenoxy) is 1. The van der Waals surface area contributed by atoms with Gasteiger partial charge in [-0.25, -0.2) is 4.79 Å². The smallest absolute Gasteiger partial charge is 0.353 e. The Morgan fingerprint density at radius 2 is 2.19 bits per heavy atom. The molecular formula is C15H19F2N2O6P. The number of fused-ring (bicyclic) bond motifs is 1. The Hall–Kier alpha value is -1.61. The van der Waals surface area contributed by atoms with Crippen LogP contribution in [0.1, 0.15) is 18.7 Å². The van der Waals surface area contributed by atoms with Crippen LogP contribution in [-0.4, -0.2) is 32.8 Å². The van der Waals surface area contributed by atoms with Crippen molar-refractivity contribution in [2.75, 3.05) is 6.61 Å². The summed E-state index contributed by atoms with van der Waals surface area (Å²) < 4.78 is 51.8.